The minimum absolute atomic E-state index is 0.0789. The number of benzene rings is 2. The largest absolute Gasteiger partial charge is 0.490 e. The van der Waals surface area contributed by atoms with Crippen LogP contribution in [0.1, 0.15) is 31.9 Å². The van der Waals surface area contributed by atoms with Crippen molar-refractivity contribution in [2.45, 2.75) is 39.5 Å². The molecule has 0 saturated heterocycles. The lowest BCUT2D eigenvalue weighted by molar-refractivity contribution is -0.127. The predicted molar refractivity (Wildman–Crippen MR) is 120 cm³/mol. The van der Waals surface area contributed by atoms with Crippen molar-refractivity contribution in [2.24, 2.45) is 5.41 Å². The van der Waals surface area contributed by atoms with E-state index in [1.54, 1.807) is 52.9 Å². The van der Waals surface area contributed by atoms with Crippen molar-refractivity contribution in [1.82, 2.24) is 0 Å². The summed E-state index contributed by atoms with van der Waals surface area (Å²) in [5.41, 5.74) is 2.08. The van der Waals surface area contributed by atoms with Gasteiger partial charge in [0.25, 0.3) is 10.0 Å². The lowest BCUT2D eigenvalue weighted by atomic mass is 9.93. The van der Waals surface area contributed by atoms with Crippen LogP contribution in [0.3, 0.4) is 0 Å². The molecular weight excluding hydrogens is 418 g/mol. The summed E-state index contributed by atoms with van der Waals surface area (Å²) in [7, 11) is -2.21. The molecule has 0 atom stereocenters. The normalized spacial score (nSPS) is 15.5. The maximum Gasteiger partial charge on any atom is 0.261 e. The molecule has 0 saturated carbocycles. The molecule has 0 fully saturated rings. The van der Waals surface area contributed by atoms with Gasteiger partial charge in [0.1, 0.15) is 12.4 Å². The third-order valence-corrected chi connectivity index (χ3v) is 6.52. The minimum Gasteiger partial charge on any atom is -0.490 e. The van der Waals surface area contributed by atoms with Crippen molar-refractivity contribution in [3.05, 3.63) is 41.5 Å². The molecule has 0 aromatic heterocycles. The van der Waals surface area contributed by atoms with Gasteiger partial charge < -0.3 is 15.0 Å². The molecule has 0 unspecified atom stereocenters. The highest BCUT2D eigenvalue weighted by Crippen LogP contribution is 2.38. The van der Waals surface area contributed by atoms with Crippen LogP contribution in [0.25, 0.3) is 0 Å². The molecular formula is C22H27N3O5S. The van der Waals surface area contributed by atoms with Crippen molar-refractivity contribution in [3.63, 3.8) is 0 Å². The van der Waals surface area contributed by atoms with Gasteiger partial charge in [-0.3, -0.25) is 14.3 Å². The van der Waals surface area contributed by atoms with Gasteiger partial charge in [0.15, 0.2) is 0 Å². The number of nitrogens with one attached hydrogen (secondary N) is 2. The number of carbonyl (C=O) groups is 2. The number of carbonyl (C=O) groups excluding carboxylic acids is 2. The van der Waals surface area contributed by atoms with Crippen molar-refractivity contribution in [2.75, 3.05) is 28.6 Å². The third-order valence-electron chi connectivity index (χ3n) is 5.16. The van der Waals surface area contributed by atoms with Crippen LogP contribution in [0, 0.1) is 19.3 Å². The number of hydrogen-bond acceptors (Lipinski definition) is 5. The number of aryl methyl sites for hydroxylation is 2. The van der Waals surface area contributed by atoms with E-state index in [0.29, 0.717) is 33.9 Å². The van der Waals surface area contributed by atoms with Crippen LogP contribution in [-0.2, 0) is 19.6 Å². The van der Waals surface area contributed by atoms with Crippen LogP contribution in [0.5, 0.6) is 5.75 Å². The zero-order chi connectivity index (χ0) is 23.1. The van der Waals surface area contributed by atoms with Crippen molar-refractivity contribution in [1.29, 1.82) is 0 Å². The quantitative estimate of drug-likeness (QED) is 0.750. The molecule has 2 amide bonds. The van der Waals surface area contributed by atoms with Crippen LogP contribution in [0.15, 0.2) is 35.2 Å². The second-order valence-electron chi connectivity index (χ2n) is 8.44. The topological polar surface area (TPSA) is 105 Å². The number of sulfonamides is 1. The standard InChI is InChI=1S/C22H27N3O5S/c1-13-9-17(10-14(2)20(13)23-15(3)26)31(28,29)24-16-7-8-18-19(11-16)30-12-22(4,5)21(27)25(18)6/h7-11,24H,12H2,1-6H3,(H,23,26). The van der Waals surface area contributed by atoms with E-state index in [0.717, 1.165) is 0 Å². The average molecular weight is 446 g/mol. The van der Waals surface area contributed by atoms with E-state index in [1.807, 2.05) is 0 Å². The van der Waals surface area contributed by atoms with Gasteiger partial charge in [-0.05, 0) is 63.1 Å². The molecule has 2 aromatic carbocycles. The fourth-order valence-corrected chi connectivity index (χ4v) is 4.74. The maximum atomic E-state index is 13.0. The van der Waals surface area contributed by atoms with E-state index in [-0.39, 0.29) is 23.3 Å². The summed E-state index contributed by atoms with van der Waals surface area (Å²) < 4.78 is 34.4. The predicted octanol–water partition coefficient (Wildman–Crippen LogP) is 3.44. The first-order valence-corrected chi connectivity index (χ1v) is 11.3. The highest BCUT2D eigenvalue weighted by atomic mass is 32.2. The molecule has 3 rings (SSSR count). The molecule has 0 aliphatic carbocycles. The molecule has 0 radical (unpaired) electrons. The molecule has 2 N–H and O–H groups in total. The highest BCUT2D eigenvalue weighted by molar-refractivity contribution is 7.92. The number of rotatable bonds is 4. The fourth-order valence-electron chi connectivity index (χ4n) is 3.52. The minimum atomic E-state index is -3.89. The molecule has 1 aliphatic rings. The first-order chi connectivity index (χ1) is 14.3. The van der Waals surface area contributed by atoms with Crippen LogP contribution >= 0.6 is 0 Å². The summed E-state index contributed by atoms with van der Waals surface area (Å²) >= 11 is 0. The van der Waals surface area contributed by atoms with Gasteiger partial charge in [-0.15, -0.1) is 0 Å². The highest BCUT2D eigenvalue weighted by Gasteiger charge is 2.36. The van der Waals surface area contributed by atoms with E-state index >= 15 is 0 Å². The first-order valence-electron chi connectivity index (χ1n) is 9.78. The number of fused-ring (bicyclic) bond motifs is 1. The molecule has 1 heterocycles. The van der Waals surface area contributed by atoms with Crippen molar-refractivity contribution >= 4 is 38.9 Å². The summed E-state index contributed by atoms with van der Waals surface area (Å²) in [5, 5.41) is 2.72. The lowest BCUT2D eigenvalue weighted by Gasteiger charge is -2.24. The monoisotopic (exact) mass is 445 g/mol. The fraction of sp³-hybridized carbons (Fsp3) is 0.364. The zero-order valence-electron chi connectivity index (χ0n) is 18.5. The Labute approximate surface area is 182 Å². The van der Waals surface area contributed by atoms with Gasteiger partial charge in [-0.1, -0.05) is 0 Å². The smallest absolute Gasteiger partial charge is 0.261 e. The van der Waals surface area contributed by atoms with Gasteiger partial charge in [-0.2, -0.15) is 0 Å². The molecule has 0 spiro atoms. The number of hydrogen-bond donors (Lipinski definition) is 2. The SMILES string of the molecule is CC(=O)Nc1c(C)cc(S(=O)(=O)Nc2ccc3c(c2)OCC(C)(C)C(=O)N3C)cc1C. The van der Waals surface area contributed by atoms with E-state index in [9.17, 15) is 18.0 Å². The number of amides is 2. The second kappa shape index (κ2) is 7.88. The second-order valence-corrected chi connectivity index (χ2v) is 10.1. The average Bonchev–Trinajstić information content (AvgIpc) is 2.74. The third kappa shape index (κ3) is 4.51. The van der Waals surface area contributed by atoms with E-state index in [4.69, 9.17) is 4.74 Å². The molecule has 31 heavy (non-hydrogen) atoms. The van der Waals surface area contributed by atoms with Gasteiger partial charge in [0.05, 0.1) is 21.7 Å². The molecule has 9 heteroatoms. The molecule has 8 nitrogen and oxygen atoms in total. The Bertz CT molecular complexity index is 1150. The lowest BCUT2D eigenvalue weighted by Crippen LogP contribution is -2.39. The van der Waals surface area contributed by atoms with Gasteiger partial charge in [-0.25, -0.2) is 8.42 Å². The van der Waals surface area contributed by atoms with Crippen LogP contribution in [0.4, 0.5) is 17.1 Å². The van der Waals surface area contributed by atoms with Gasteiger partial charge >= 0.3 is 0 Å². The van der Waals surface area contributed by atoms with Crippen molar-refractivity contribution < 1.29 is 22.7 Å². The van der Waals surface area contributed by atoms with Crippen LogP contribution in [-0.4, -0.2) is 33.9 Å². The first kappa shape index (κ1) is 22.6. The zero-order valence-corrected chi connectivity index (χ0v) is 19.3. The van der Waals surface area contributed by atoms with Crippen LogP contribution in [0.2, 0.25) is 0 Å². The molecule has 0 bridgehead atoms. The Hall–Kier alpha value is -3.07. The Morgan fingerprint density at radius 3 is 2.32 bits per heavy atom. The van der Waals surface area contributed by atoms with E-state index in [2.05, 4.69) is 10.0 Å². The maximum absolute atomic E-state index is 13.0. The number of nitrogens with zero attached hydrogens (tertiary/aromatic N) is 1. The number of anilines is 3. The van der Waals surface area contributed by atoms with Gasteiger partial charge in [0, 0.05) is 25.7 Å². The summed E-state index contributed by atoms with van der Waals surface area (Å²) in [5.74, 6) is 0.122. The summed E-state index contributed by atoms with van der Waals surface area (Å²) in [6, 6.07) is 7.84. The van der Waals surface area contributed by atoms with E-state index < -0.39 is 15.4 Å². The number of ether oxygens (including phenoxy) is 1. The van der Waals surface area contributed by atoms with Crippen molar-refractivity contribution in [3.8, 4) is 5.75 Å². The van der Waals surface area contributed by atoms with Gasteiger partial charge in [0.2, 0.25) is 11.8 Å². The summed E-state index contributed by atoms with van der Waals surface area (Å²) in [6.07, 6.45) is 0. The Morgan fingerprint density at radius 1 is 1.13 bits per heavy atom. The summed E-state index contributed by atoms with van der Waals surface area (Å²) in [4.78, 5) is 25.6. The molecule has 2 aromatic rings. The Morgan fingerprint density at radius 2 is 1.74 bits per heavy atom. The molecule has 166 valence electrons. The Kier molecular flexibility index (Phi) is 5.75. The van der Waals surface area contributed by atoms with Crippen LogP contribution < -0.4 is 19.7 Å². The Balaban J connectivity index is 1.92. The van der Waals surface area contributed by atoms with E-state index in [1.165, 1.54) is 24.0 Å². The molecule has 1 aliphatic heterocycles. The summed E-state index contributed by atoms with van der Waals surface area (Å²) in [6.45, 7) is 8.66.